The maximum absolute atomic E-state index is 12.9. The molecule has 3 aromatic rings. The standard InChI is InChI=1S/C17H13N3O3S/c1-12(21)19-15-9-5-6-10-16(15)24(22,23)20-17(19)11-14(18-20)13-7-3-2-4-8-13/h2-11H,1H3. The third-order valence-electron chi connectivity index (χ3n) is 3.89. The largest absolute Gasteiger partial charge is 0.286 e. The van der Waals surface area contributed by atoms with E-state index in [1.807, 2.05) is 30.3 Å². The van der Waals surface area contributed by atoms with Crippen LogP contribution < -0.4 is 4.90 Å². The number of para-hydroxylation sites is 1. The number of carbonyl (C=O) groups excluding carboxylic acids is 1. The lowest BCUT2D eigenvalue weighted by Crippen LogP contribution is -2.33. The molecule has 24 heavy (non-hydrogen) atoms. The van der Waals surface area contributed by atoms with Crippen molar-refractivity contribution >= 4 is 27.4 Å². The lowest BCUT2D eigenvalue weighted by Gasteiger charge is -2.28. The Morgan fingerprint density at radius 3 is 2.38 bits per heavy atom. The van der Waals surface area contributed by atoms with E-state index >= 15 is 0 Å². The van der Waals surface area contributed by atoms with Gasteiger partial charge in [0.15, 0.2) is 5.82 Å². The molecule has 4 rings (SSSR count). The molecule has 0 fully saturated rings. The predicted molar refractivity (Wildman–Crippen MR) is 89.5 cm³/mol. The zero-order chi connectivity index (χ0) is 16.9. The van der Waals surface area contributed by atoms with Crippen molar-refractivity contribution in [3.05, 3.63) is 60.7 Å². The molecule has 1 aliphatic rings. The van der Waals surface area contributed by atoms with E-state index in [1.165, 1.54) is 17.9 Å². The molecule has 0 saturated carbocycles. The highest BCUT2D eigenvalue weighted by Gasteiger charge is 2.37. The number of rotatable bonds is 1. The van der Waals surface area contributed by atoms with Crippen molar-refractivity contribution in [3.8, 4) is 11.3 Å². The number of fused-ring (bicyclic) bond motifs is 2. The van der Waals surface area contributed by atoms with E-state index in [9.17, 15) is 13.2 Å². The zero-order valence-electron chi connectivity index (χ0n) is 12.7. The average Bonchev–Trinajstić information content (AvgIpc) is 3.02. The highest BCUT2D eigenvalue weighted by atomic mass is 32.2. The molecule has 0 unspecified atom stereocenters. The molecule has 1 amide bonds. The zero-order valence-corrected chi connectivity index (χ0v) is 13.6. The van der Waals surface area contributed by atoms with E-state index in [1.54, 1.807) is 24.3 Å². The van der Waals surface area contributed by atoms with Crippen molar-refractivity contribution in [3.63, 3.8) is 0 Å². The van der Waals surface area contributed by atoms with Gasteiger partial charge in [-0.25, -0.2) is 0 Å². The minimum Gasteiger partial charge on any atom is -0.274 e. The highest BCUT2D eigenvalue weighted by Crippen LogP contribution is 2.40. The first kappa shape index (κ1) is 14.6. The van der Waals surface area contributed by atoms with E-state index in [4.69, 9.17) is 0 Å². The fraction of sp³-hybridized carbons (Fsp3) is 0.0588. The molecule has 0 N–H and O–H groups in total. The van der Waals surface area contributed by atoms with Crippen LogP contribution in [0.25, 0.3) is 11.3 Å². The minimum atomic E-state index is -3.84. The summed E-state index contributed by atoms with van der Waals surface area (Å²) in [6.07, 6.45) is 0. The maximum atomic E-state index is 12.9. The molecule has 2 aromatic carbocycles. The van der Waals surface area contributed by atoms with Crippen LogP contribution in [0.4, 0.5) is 11.5 Å². The van der Waals surface area contributed by atoms with Gasteiger partial charge in [-0.3, -0.25) is 9.69 Å². The molecule has 0 radical (unpaired) electrons. The third-order valence-corrected chi connectivity index (χ3v) is 5.51. The van der Waals surface area contributed by atoms with Crippen molar-refractivity contribution in [2.75, 3.05) is 4.90 Å². The second-order valence-electron chi connectivity index (χ2n) is 5.42. The average molecular weight is 339 g/mol. The van der Waals surface area contributed by atoms with Crippen molar-refractivity contribution in [1.29, 1.82) is 0 Å². The Morgan fingerprint density at radius 1 is 1.00 bits per heavy atom. The molecule has 1 aromatic heterocycles. The number of benzene rings is 2. The van der Waals surface area contributed by atoms with Gasteiger partial charge in [-0.2, -0.15) is 13.5 Å². The molecule has 2 heterocycles. The second-order valence-corrected chi connectivity index (χ2v) is 7.16. The van der Waals surface area contributed by atoms with Gasteiger partial charge in [0.25, 0.3) is 10.0 Å². The molecular weight excluding hydrogens is 326 g/mol. The van der Waals surface area contributed by atoms with Gasteiger partial charge in [-0.05, 0) is 12.1 Å². The number of anilines is 2. The van der Waals surface area contributed by atoms with Crippen LogP contribution in [0.1, 0.15) is 6.92 Å². The summed E-state index contributed by atoms with van der Waals surface area (Å²) in [6.45, 7) is 1.40. The number of aromatic nitrogens is 2. The quantitative estimate of drug-likeness (QED) is 0.683. The van der Waals surface area contributed by atoms with Gasteiger partial charge in [0, 0.05) is 18.6 Å². The highest BCUT2D eigenvalue weighted by molar-refractivity contribution is 7.90. The Hall–Kier alpha value is -2.93. The first-order chi connectivity index (χ1) is 11.5. The fourth-order valence-corrected chi connectivity index (χ4v) is 4.28. The van der Waals surface area contributed by atoms with Gasteiger partial charge in [-0.15, -0.1) is 4.09 Å². The Labute approximate surface area is 139 Å². The summed E-state index contributed by atoms with van der Waals surface area (Å²) in [4.78, 5) is 13.6. The van der Waals surface area contributed by atoms with E-state index in [-0.39, 0.29) is 16.6 Å². The molecule has 7 heteroatoms. The molecule has 6 nitrogen and oxygen atoms in total. The van der Waals surface area contributed by atoms with Crippen LogP contribution in [0.5, 0.6) is 0 Å². The molecule has 1 aliphatic heterocycles. The van der Waals surface area contributed by atoms with Crippen molar-refractivity contribution in [2.45, 2.75) is 11.8 Å². The molecular formula is C17H13N3O3S. The Morgan fingerprint density at radius 2 is 1.67 bits per heavy atom. The minimum absolute atomic E-state index is 0.0652. The summed E-state index contributed by atoms with van der Waals surface area (Å²) >= 11 is 0. The number of carbonyl (C=O) groups is 1. The van der Waals surface area contributed by atoms with Crippen molar-refractivity contribution < 1.29 is 13.2 Å². The van der Waals surface area contributed by atoms with Crippen LogP contribution in [-0.2, 0) is 14.8 Å². The van der Waals surface area contributed by atoms with E-state index in [2.05, 4.69) is 5.10 Å². The molecule has 0 saturated heterocycles. The van der Waals surface area contributed by atoms with Gasteiger partial charge in [0.2, 0.25) is 5.91 Å². The summed E-state index contributed by atoms with van der Waals surface area (Å²) in [5.41, 5.74) is 1.62. The fourth-order valence-electron chi connectivity index (χ4n) is 2.84. The first-order valence-electron chi connectivity index (χ1n) is 7.31. The SMILES string of the molecule is CC(=O)N1c2ccccc2S(=O)(=O)n2nc(-c3ccccc3)cc21. The lowest BCUT2D eigenvalue weighted by molar-refractivity contribution is -0.115. The number of amides is 1. The number of nitrogens with zero attached hydrogens (tertiary/aromatic N) is 3. The Bertz CT molecular complexity index is 1060. The van der Waals surface area contributed by atoms with Crippen molar-refractivity contribution in [1.82, 2.24) is 9.19 Å². The second kappa shape index (κ2) is 5.04. The van der Waals surface area contributed by atoms with Crippen LogP contribution in [0.2, 0.25) is 0 Å². The van der Waals surface area contributed by atoms with Crippen LogP contribution in [0, 0.1) is 0 Å². The van der Waals surface area contributed by atoms with Gasteiger partial charge in [-0.1, -0.05) is 42.5 Å². The van der Waals surface area contributed by atoms with Gasteiger partial charge < -0.3 is 0 Å². The van der Waals surface area contributed by atoms with E-state index in [0.717, 1.165) is 9.65 Å². The molecule has 0 atom stereocenters. The number of hydrogen-bond acceptors (Lipinski definition) is 4. The van der Waals surface area contributed by atoms with Gasteiger partial charge in [0.05, 0.1) is 11.4 Å². The summed E-state index contributed by atoms with van der Waals surface area (Å²) in [7, 11) is -3.84. The van der Waals surface area contributed by atoms with Gasteiger partial charge >= 0.3 is 0 Å². The summed E-state index contributed by atoms with van der Waals surface area (Å²) in [6, 6.07) is 17.3. The molecule has 120 valence electrons. The first-order valence-corrected chi connectivity index (χ1v) is 8.75. The maximum Gasteiger partial charge on any atom is 0.286 e. The third kappa shape index (κ3) is 1.98. The van der Waals surface area contributed by atoms with Crippen LogP contribution in [0.15, 0.2) is 65.6 Å². The van der Waals surface area contributed by atoms with E-state index < -0.39 is 10.0 Å². The Balaban J connectivity index is 2.02. The van der Waals surface area contributed by atoms with Crippen LogP contribution >= 0.6 is 0 Å². The van der Waals surface area contributed by atoms with Crippen LogP contribution in [-0.4, -0.2) is 23.5 Å². The molecule has 0 spiro atoms. The molecule has 0 bridgehead atoms. The van der Waals surface area contributed by atoms with Crippen LogP contribution in [0.3, 0.4) is 0 Å². The topological polar surface area (TPSA) is 72.3 Å². The van der Waals surface area contributed by atoms with Crippen molar-refractivity contribution in [2.24, 2.45) is 0 Å². The van der Waals surface area contributed by atoms with Gasteiger partial charge in [0.1, 0.15) is 4.90 Å². The summed E-state index contributed by atoms with van der Waals surface area (Å²) < 4.78 is 26.7. The molecule has 0 aliphatic carbocycles. The smallest absolute Gasteiger partial charge is 0.274 e. The number of hydrogen-bond donors (Lipinski definition) is 0. The van der Waals surface area contributed by atoms with E-state index in [0.29, 0.717) is 11.4 Å². The predicted octanol–water partition coefficient (Wildman–Crippen LogP) is 2.79. The normalized spacial score (nSPS) is 14.8. The Kier molecular flexibility index (Phi) is 3.07. The summed E-state index contributed by atoms with van der Waals surface area (Å²) in [5.74, 6) is -0.0573. The monoisotopic (exact) mass is 339 g/mol. The lowest BCUT2D eigenvalue weighted by atomic mass is 10.1. The summed E-state index contributed by atoms with van der Waals surface area (Å²) in [5, 5.41) is 4.24.